The Bertz CT molecular complexity index is 578. The number of esters is 1. The second kappa shape index (κ2) is 6.68. The van der Waals surface area contributed by atoms with Crippen molar-refractivity contribution in [1.29, 1.82) is 0 Å². The average Bonchev–Trinajstić information content (AvgIpc) is 2.42. The van der Waals surface area contributed by atoms with E-state index in [1.807, 2.05) is 0 Å². The number of hydrogen-bond donors (Lipinski definition) is 0. The fraction of sp³-hybridized carbons (Fsp3) is 0.250. The molecule has 1 rings (SSSR count). The van der Waals surface area contributed by atoms with Gasteiger partial charge in [0, 0.05) is 10.5 Å². The first-order valence-corrected chi connectivity index (χ1v) is 5.61. The lowest BCUT2D eigenvalue weighted by Crippen LogP contribution is -2.02. The number of nitrogens with zero attached hydrogens (tertiary/aromatic N) is 3. The summed E-state index contributed by atoms with van der Waals surface area (Å²) in [5.41, 5.74) is 9.51. The summed E-state index contributed by atoms with van der Waals surface area (Å²) in [4.78, 5) is 14.0. The van der Waals surface area contributed by atoms with Crippen LogP contribution in [0.25, 0.3) is 16.5 Å². The molecule has 1 aromatic rings. The molecule has 0 saturated carbocycles. The zero-order chi connectivity index (χ0) is 14.4. The number of hydrogen-bond acceptors (Lipinski definition) is 4. The van der Waals surface area contributed by atoms with Crippen LogP contribution in [0.15, 0.2) is 22.9 Å². The number of carbonyl (C=O) groups excluding carboxylic acids is 1. The van der Waals surface area contributed by atoms with Crippen molar-refractivity contribution in [3.05, 3.63) is 44.4 Å². The Morgan fingerprint density at radius 1 is 1.47 bits per heavy atom. The lowest BCUT2D eigenvalue weighted by Gasteiger charge is -2.09. The van der Waals surface area contributed by atoms with Gasteiger partial charge in [0.2, 0.25) is 0 Å². The molecule has 0 saturated heterocycles. The van der Waals surface area contributed by atoms with Crippen LogP contribution in [0, 0.1) is 6.92 Å². The van der Waals surface area contributed by atoms with Crippen LogP contribution in [-0.2, 0) is 9.53 Å². The van der Waals surface area contributed by atoms with Gasteiger partial charge in [-0.1, -0.05) is 16.7 Å². The highest BCUT2D eigenvalue weighted by Gasteiger charge is 2.11. The second-order valence-electron chi connectivity index (χ2n) is 3.51. The van der Waals surface area contributed by atoms with Crippen LogP contribution in [0.4, 0.5) is 0 Å². The van der Waals surface area contributed by atoms with Crippen LogP contribution in [0.1, 0.15) is 11.1 Å². The summed E-state index contributed by atoms with van der Waals surface area (Å²) in [6.07, 6.45) is 1.36. The Morgan fingerprint density at radius 2 is 2.16 bits per heavy atom. The van der Waals surface area contributed by atoms with E-state index in [0.29, 0.717) is 16.3 Å². The Kier molecular flexibility index (Phi) is 5.23. The molecule has 0 aliphatic rings. The highest BCUT2D eigenvalue weighted by atomic mass is 35.5. The first kappa shape index (κ1) is 14.9. The average molecular weight is 282 g/mol. The first-order chi connectivity index (χ1) is 9.04. The van der Waals surface area contributed by atoms with E-state index in [2.05, 4.69) is 14.8 Å². The van der Waals surface area contributed by atoms with Gasteiger partial charge in [-0.2, -0.15) is 0 Å². The third kappa shape index (κ3) is 3.40. The van der Waals surface area contributed by atoms with Crippen molar-refractivity contribution in [2.75, 3.05) is 14.2 Å². The van der Waals surface area contributed by atoms with Crippen LogP contribution in [0.3, 0.4) is 0 Å². The van der Waals surface area contributed by atoms with Crippen molar-refractivity contribution in [2.24, 2.45) is 5.11 Å². The summed E-state index contributed by atoms with van der Waals surface area (Å²) < 4.78 is 9.64. The molecule has 0 radical (unpaired) electrons. The SMILES string of the molecule is COC(=O)/C(=C/c1ccc(OC)c(C)c1Cl)N=[N+]=[N-]. The number of rotatable bonds is 4. The largest absolute Gasteiger partial charge is 0.496 e. The number of carbonyl (C=O) groups is 1. The molecule has 0 aliphatic heterocycles. The summed E-state index contributed by atoms with van der Waals surface area (Å²) in [6.45, 7) is 1.78. The number of halogens is 1. The van der Waals surface area contributed by atoms with Gasteiger partial charge in [-0.15, -0.1) is 0 Å². The lowest BCUT2D eigenvalue weighted by atomic mass is 10.1. The van der Waals surface area contributed by atoms with Gasteiger partial charge < -0.3 is 9.47 Å². The Balaban J connectivity index is 3.33. The normalized spacial score (nSPS) is 10.6. The zero-order valence-corrected chi connectivity index (χ0v) is 11.4. The van der Waals surface area contributed by atoms with E-state index in [0.717, 1.165) is 5.56 Å². The Labute approximate surface area is 115 Å². The van der Waals surface area contributed by atoms with Crippen LogP contribution in [0.5, 0.6) is 5.75 Å². The molecular weight excluding hydrogens is 270 g/mol. The van der Waals surface area contributed by atoms with Gasteiger partial charge in [-0.25, -0.2) is 4.79 Å². The summed E-state index contributed by atoms with van der Waals surface area (Å²) in [6, 6.07) is 3.36. The van der Waals surface area contributed by atoms with Gasteiger partial charge in [0.25, 0.3) is 0 Å². The third-order valence-electron chi connectivity index (χ3n) is 2.43. The maximum absolute atomic E-state index is 11.4. The number of ether oxygens (including phenoxy) is 2. The molecule has 19 heavy (non-hydrogen) atoms. The van der Waals surface area contributed by atoms with Crippen LogP contribution < -0.4 is 4.74 Å². The maximum atomic E-state index is 11.4. The highest BCUT2D eigenvalue weighted by molar-refractivity contribution is 6.33. The fourth-order valence-electron chi connectivity index (χ4n) is 1.45. The highest BCUT2D eigenvalue weighted by Crippen LogP contribution is 2.30. The molecule has 100 valence electrons. The topological polar surface area (TPSA) is 84.3 Å². The van der Waals surface area contributed by atoms with Crippen molar-refractivity contribution in [1.82, 2.24) is 0 Å². The fourth-order valence-corrected chi connectivity index (χ4v) is 1.66. The van der Waals surface area contributed by atoms with Crippen molar-refractivity contribution in [2.45, 2.75) is 6.92 Å². The van der Waals surface area contributed by atoms with Crippen molar-refractivity contribution < 1.29 is 14.3 Å². The molecule has 0 N–H and O–H groups in total. The van der Waals surface area contributed by atoms with Gasteiger partial charge >= 0.3 is 5.97 Å². The zero-order valence-electron chi connectivity index (χ0n) is 10.7. The summed E-state index contributed by atoms with van der Waals surface area (Å²) in [5.74, 6) is -0.104. The summed E-state index contributed by atoms with van der Waals surface area (Å²) in [7, 11) is 2.73. The molecule has 0 heterocycles. The lowest BCUT2D eigenvalue weighted by molar-refractivity contribution is -0.136. The predicted molar refractivity (Wildman–Crippen MR) is 71.9 cm³/mol. The molecular formula is C12H12ClN3O3. The van der Waals surface area contributed by atoms with Gasteiger partial charge in [0.05, 0.1) is 19.2 Å². The monoisotopic (exact) mass is 281 g/mol. The summed E-state index contributed by atoms with van der Waals surface area (Å²) in [5, 5.41) is 3.69. The van der Waals surface area contributed by atoms with E-state index in [4.69, 9.17) is 21.9 Å². The molecule has 6 nitrogen and oxygen atoms in total. The van der Waals surface area contributed by atoms with Crippen molar-refractivity contribution in [3.8, 4) is 5.75 Å². The van der Waals surface area contributed by atoms with E-state index < -0.39 is 5.97 Å². The minimum absolute atomic E-state index is 0.170. The molecule has 0 aliphatic carbocycles. The molecule has 0 atom stereocenters. The number of azide groups is 1. The molecule has 7 heteroatoms. The maximum Gasteiger partial charge on any atom is 0.340 e. The molecule has 1 aromatic carbocycles. The first-order valence-electron chi connectivity index (χ1n) is 5.23. The van der Waals surface area contributed by atoms with Gasteiger partial charge in [-0.3, -0.25) is 0 Å². The third-order valence-corrected chi connectivity index (χ3v) is 2.93. The molecule has 0 aromatic heterocycles. The van der Waals surface area contributed by atoms with Crippen LogP contribution in [0.2, 0.25) is 5.02 Å². The number of benzene rings is 1. The van der Waals surface area contributed by atoms with Crippen LogP contribution >= 0.6 is 11.6 Å². The molecule has 0 unspecified atom stereocenters. The van der Waals surface area contributed by atoms with E-state index >= 15 is 0 Å². The van der Waals surface area contributed by atoms with E-state index in [1.54, 1.807) is 19.1 Å². The van der Waals surface area contributed by atoms with Gasteiger partial charge in [0.15, 0.2) is 0 Å². The van der Waals surface area contributed by atoms with Crippen LogP contribution in [-0.4, -0.2) is 20.2 Å². The van der Waals surface area contributed by atoms with Crippen molar-refractivity contribution in [3.63, 3.8) is 0 Å². The Hall–Kier alpha value is -2.17. The minimum atomic E-state index is -0.734. The predicted octanol–water partition coefficient (Wildman–Crippen LogP) is 3.48. The number of methoxy groups -OCH3 is 2. The van der Waals surface area contributed by atoms with E-state index in [-0.39, 0.29) is 5.70 Å². The second-order valence-corrected chi connectivity index (χ2v) is 3.88. The molecule has 0 bridgehead atoms. The van der Waals surface area contributed by atoms with E-state index in [1.165, 1.54) is 20.3 Å². The molecule has 0 fully saturated rings. The minimum Gasteiger partial charge on any atom is -0.496 e. The quantitative estimate of drug-likeness (QED) is 0.278. The van der Waals surface area contributed by atoms with E-state index in [9.17, 15) is 4.79 Å². The molecule has 0 spiro atoms. The van der Waals surface area contributed by atoms with Gasteiger partial charge in [0.1, 0.15) is 11.4 Å². The standard InChI is InChI=1S/C12H12ClN3O3/c1-7-10(18-2)5-4-8(11(7)13)6-9(15-16-14)12(17)19-3/h4-6H,1-3H3/b9-6-. The summed E-state index contributed by atoms with van der Waals surface area (Å²) >= 11 is 6.16. The molecule has 0 amide bonds. The van der Waals surface area contributed by atoms with Gasteiger partial charge in [-0.05, 0) is 36.2 Å². The smallest absolute Gasteiger partial charge is 0.340 e. The van der Waals surface area contributed by atoms with Crippen molar-refractivity contribution >= 4 is 23.6 Å². The Morgan fingerprint density at radius 3 is 2.68 bits per heavy atom.